The summed E-state index contributed by atoms with van der Waals surface area (Å²) in [6.45, 7) is 4.46. The average molecular weight is 236 g/mol. The summed E-state index contributed by atoms with van der Waals surface area (Å²) >= 11 is 0. The van der Waals surface area contributed by atoms with Gasteiger partial charge < -0.3 is 5.73 Å². The van der Waals surface area contributed by atoms with Gasteiger partial charge in [0.1, 0.15) is 0 Å². The van der Waals surface area contributed by atoms with Crippen molar-refractivity contribution in [3.8, 4) is 0 Å². The number of anilines is 1. The van der Waals surface area contributed by atoms with Gasteiger partial charge in [-0.25, -0.2) is 4.68 Å². The summed E-state index contributed by atoms with van der Waals surface area (Å²) in [5.74, 6) is 1.38. The highest BCUT2D eigenvalue weighted by Crippen LogP contribution is 2.36. The second kappa shape index (κ2) is 5.52. The van der Waals surface area contributed by atoms with Gasteiger partial charge in [-0.15, -0.1) is 5.10 Å². The van der Waals surface area contributed by atoms with Crippen LogP contribution < -0.4 is 5.73 Å². The molecule has 1 aliphatic carbocycles. The van der Waals surface area contributed by atoms with Gasteiger partial charge in [-0.05, 0) is 25.2 Å². The molecule has 1 aromatic heterocycles. The molecule has 0 spiro atoms. The lowest BCUT2D eigenvalue weighted by Crippen LogP contribution is -2.25. The van der Waals surface area contributed by atoms with Crippen molar-refractivity contribution in [1.29, 1.82) is 0 Å². The van der Waals surface area contributed by atoms with Crippen molar-refractivity contribution < 1.29 is 0 Å². The van der Waals surface area contributed by atoms with Crippen molar-refractivity contribution in [2.45, 2.75) is 64.8 Å². The first kappa shape index (κ1) is 12.4. The van der Waals surface area contributed by atoms with Gasteiger partial charge in [0.05, 0.1) is 11.7 Å². The number of aromatic nitrogens is 3. The fourth-order valence-corrected chi connectivity index (χ4v) is 3.06. The van der Waals surface area contributed by atoms with Crippen LogP contribution in [0.1, 0.15) is 64.1 Å². The molecule has 1 heterocycles. The van der Waals surface area contributed by atoms with Gasteiger partial charge >= 0.3 is 0 Å². The number of hydrogen-bond donors (Lipinski definition) is 1. The minimum absolute atomic E-state index is 0.528. The topological polar surface area (TPSA) is 56.7 Å². The van der Waals surface area contributed by atoms with E-state index >= 15 is 0 Å². The first-order valence-corrected chi connectivity index (χ1v) is 6.97. The molecular weight excluding hydrogens is 212 g/mol. The fourth-order valence-electron chi connectivity index (χ4n) is 3.06. The molecule has 1 saturated carbocycles. The van der Waals surface area contributed by atoms with E-state index in [1.54, 1.807) is 0 Å². The Morgan fingerprint density at radius 1 is 1.29 bits per heavy atom. The van der Waals surface area contributed by atoms with Gasteiger partial charge in [0, 0.05) is 0 Å². The Bertz CT molecular complexity index is 358. The lowest BCUT2D eigenvalue weighted by atomic mass is 9.83. The van der Waals surface area contributed by atoms with E-state index in [-0.39, 0.29) is 0 Å². The van der Waals surface area contributed by atoms with Gasteiger partial charge in [0.25, 0.3) is 0 Å². The number of nitrogens with zero attached hydrogens (tertiary/aromatic N) is 3. The normalized spacial score (nSPS) is 25.1. The first-order valence-electron chi connectivity index (χ1n) is 6.97. The number of rotatable bonds is 4. The SMILES string of the molecule is CCCc1c(N)nnn1C1CCCCC1CC. The summed E-state index contributed by atoms with van der Waals surface area (Å²) in [5, 5.41) is 8.37. The van der Waals surface area contributed by atoms with Crippen LogP contribution in [0, 0.1) is 5.92 Å². The highest BCUT2D eigenvalue weighted by Gasteiger charge is 2.28. The van der Waals surface area contributed by atoms with Crippen LogP contribution in [-0.2, 0) is 6.42 Å². The molecule has 2 N–H and O–H groups in total. The Hall–Kier alpha value is -1.06. The van der Waals surface area contributed by atoms with Crippen molar-refractivity contribution in [3.05, 3.63) is 5.69 Å². The molecule has 4 heteroatoms. The van der Waals surface area contributed by atoms with E-state index in [4.69, 9.17) is 5.73 Å². The van der Waals surface area contributed by atoms with Gasteiger partial charge in [-0.3, -0.25) is 0 Å². The van der Waals surface area contributed by atoms with Crippen LogP contribution >= 0.6 is 0 Å². The summed E-state index contributed by atoms with van der Waals surface area (Å²) in [5.41, 5.74) is 7.08. The van der Waals surface area contributed by atoms with Crippen LogP contribution in [0.5, 0.6) is 0 Å². The standard InChI is InChI=1S/C13H24N4/c1-3-7-12-13(14)15-16-17(12)11-9-6-5-8-10(11)4-2/h10-11H,3-9,14H2,1-2H3. The molecule has 0 amide bonds. The van der Waals surface area contributed by atoms with Crippen LogP contribution in [0.3, 0.4) is 0 Å². The summed E-state index contributed by atoms with van der Waals surface area (Å²) in [6, 6.07) is 0.528. The molecule has 1 aromatic rings. The molecule has 0 saturated heterocycles. The Balaban J connectivity index is 2.24. The molecule has 1 fully saturated rings. The molecule has 0 aliphatic heterocycles. The highest BCUT2D eigenvalue weighted by atomic mass is 15.5. The lowest BCUT2D eigenvalue weighted by molar-refractivity contribution is 0.210. The maximum Gasteiger partial charge on any atom is 0.169 e. The summed E-state index contributed by atoms with van der Waals surface area (Å²) in [6.07, 6.45) is 8.56. The predicted octanol–water partition coefficient (Wildman–Crippen LogP) is 2.95. The minimum atomic E-state index is 0.528. The van der Waals surface area contributed by atoms with E-state index in [0.29, 0.717) is 11.9 Å². The zero-order valence-corrected chi connectivity index (χ0v) is 11.0. The molecule has 0 bridgehead atoms. The number of nitrogens with two attached hydrogens (primary N) is 1. The van der Waals surface area contributed by atoms with E-state index < -0.39 is 0 Å². The van der Waals surface area contributed by atoms with E-state index in [0.717, 1.165) is 24.5 Å². The van der Waals surface area contributed by atoms with Crippen LogP contribution in [0.4, 0.5) is 5.82 Å². The van der Waals surface area contributed by atoms with Gasteiger partial charge in [-0.2, -0.15) is 0 Å². The van der Waals surface area contributed by atoms with Crippen LogP contribution in [-0.4, -0.2) is 15.0 Å². The Morgan fingerprint density at radius 2 is 2.06 bits per heavy atom. The first-order chi connectivity index (χ1) is 8.27. The molecule has 0 radical (unpaired) electrons. The minimum Gasteiger partial charge on any atom is -0.381 e. The monoisotopic (exact) mass is 236 g/mol. The van der Waals surface area contributed by atoms with E-state index in [2.05, 4.69) is 28.8 Å². The van der Waals surface area contributed by atoms with E-state index in [1.807, 2.05) is 0 Å². The predicted molar refractivity (Wildman–Crippen MR) is 69.7 cm³/mol. The molecule has 0 aromatic carbocycles. The fraction of sp³-hybridized carbons (Fsp3) is 0.846. The summed E-state index contributed by atoms with van der Waals surface area (Å²) < 4.78 is 2.13. The molecule has 2 rings (SSSR count). The van der Waals surface area contributed by atoms with Crippen molar-refractivity contribution in [3.63, 3.8) is 0 Å². The largest absolute Gasteiger partial charge is 0.381 e. The van der Waals surface area contributed by atoms with Gasteiger partial charge in [-0.1, -0.05) is 44.7 Å². The Labute approximate surface area is 104 Å². The average Bonchev–Trinajstić information content (AvgIpc) is 2.72. The lowest BCUT2D eigenvalue weighted by Gasteiger charge is -2.31. The second-order valence-corrected chi connectivity index (χ2v) is 5.14. The third-order valence-corrected chi connectivity index (χ3v) is 4.02. The maximum atomic E-state index is 5.93. The van der Waals surface area contributed by atoms with E-state index in [1.165, 1.54) is 32.1 Å². The zero-order chi connectivity index (χ0) is 12.3. The van der Waals surface area contributed by atoms with E-state index in [9.17, 15) is 0 Å². The third-order valence-electron chi connectivity index (χ3n) is 4.02. The summed E-state index contributed by atoms with van der Waals surface area (Å²) in [7, 11) is 0. The third kappa shape index (κ3) is 2.45. The molecule has 4 nitrogen and oxygen atoms in total. The molecular formula is C13H24N4. The molecule has 2 atom stereocenters. The quantitative estimate of drug-likeness (QED) is 0.874. The number of hydrogen-bond acceptors (Lipinski definition) is 3. The van der Waals surface area contributed by atoms with Crippen molar-refractivity contribution >= 4 is 5.82 Å². The number of nitrogen functional groups attached to an aromatic ring is 1. The van der Waals surface area contributed by atoms with Crippen molar-refractivity contribution in [2.24, 2.45) is 5.92 Å². The zero-order valence-electron chi connectivity index (χ0n) is 11.0. The molecule has 17 heavy (non-hydrogen) atoms. The van der Waals surface area contributed by atoms with Gasteiger partial charge in [0.15, 0.2) is 5.82 Å². The second-order valence-electron chi connectivity index (χ2n) is 5.14. The van der Waals surface area contributed by atoms with Crippen LogP contribution in [0.25, 0.3) is 0 Å². The Morgan fingerprint density at radius 3 is 2.76 bits per heavy atom. The molecule has 96 valence electrons. The van der Waals surface area contributed by atoms with Crippen molar-refractivity contribution in [2.75, 3.05) is 5.73 Å². The molecule has 2 unspecified atom stereocenters. The Kier molecular flexibility index (Phi) is 4.02. The summed E-state index contributed by atoms with van der Waals surface area (Å²) in [4.78, 5) is 0. The molecule has 1 aliphatic rings. The highest BCUT2D eigenvalue weighted by molar-refractivity contribution is 5.33. The van der Waals surface area contributed by atoms with Crippen LogP contribution in [0.2, 0.25) is 0 Å². The maximum absolute atomic E-state index is 5.93. The van der Waals surface area contributed by atoms with Crippen LogP contribution in [0.15, 0.2) is 0 Å². The van der Waals surface area contributed by atoms with Gasteiger partial charge in [0.2, 0.25) is 0 Å². The van der Waals surface area contributed by atoms with Crippen molar-refractivity contribution in [1.82, 2.24) is 15.0 Å². The smallest absolute Gasteiger partial charge is 0.169 e.